The van der Waals surface area contributed by atoms with Gasteiger partial charge in [0, 0.05) is 38.0 Å². The average Bonchev–Trinajstić information content (AvgIpc) is 3.54. The predicted octanol–water partition coefficient (Wildman–Crippen LogP) is 3.17. The van der Waals surface area contributed by atoms with Gasteiger partial charge in [-0.25, -0.2) is 4.99 Å². The van der Waals surface area contributed by atoms with Crippen LogP contribution in [0, 0.1) is 11.8 Å². The van der Waals surface area contributed by atoms with Crippen LogP contribution >= 0.6 is 21.6 Å². The zero-order chi connectivity index (χ0) is 33.4. The number of hydrogen-bond donors (Lipinski definition) is 3. The van der Waals surface area contributed by atoms with Crippen LogP contribution in [0.1, 0.15) is 45.9 Å². The first-order valence-electron chi connectivity index (χ1n) is 13.6. The number of hydrogen-bond acceptors (Lipinski definition) is 11. The number of aliphatic hydroxyl groups is 1. The Balaban J connectivity index is 1.74. The fraction of sp³-hybridized carbons (Fsp3) is 0.593. The van der Waals surface area contributed by atoms with E-state index in [2.05, 4.69) is 32.0 Å². The smallest absolute Gasteiger partial charge is 0.394 e. The maximum absolute atomic E-state index is 13.2. The normalized spacial score (nSPS) is 18.6. The number of fused-ring (bicyclic) bond motifs is 1. The Morgan fingerprint density at radius 2 is 2.11 bits per heavy atom. The summed E-state index contributed by atoms with van der Waals surface area (Å²) in [4.78, 5) is 42.9. The third-order valence-electron chi connectivity index (χ3n) is 5.87. The second-order valence-electron chi connectivity index (χ2n) is 10.9. The van der Waals surface area contributed by atoms with Crippen LogP contribution in [0.15, 0.2) is 21.1 Å². The zero-order valence-corrected chi connectivity index (χ0v) is 27.2. The highest BCUT2D eigenvalue weighted by Gasteiger charge is 2.40. The number of halogens is 3. The summed E-state index contributed by atoms with van der Waals surface area (Å²) >= 11 is 0. The second kappa shape index (κ2) is 15.9. The van der Waals surface area contributed by atoms with E-state index in [4.69, 9.17) is 14.3 Å². The molecule has 3 heterocycles. The van der Waals surface area contributed by atoms with Crippen molar-refractivity contribution in [1.82, 2.24) is 24.8 Å². The highest BCUT2D eigenvalue weighted by Crippen LogP contribution is 2.36. The van der Waals surface area contributed by atoms with Crippen molar-refractivity contribution in [3.05, 3.63) is 22.1 Å². The molecule has 0 aromatic carbocycles. The van der Waals surface area contributed by atoms with E-state index in [9.17, 15) is 27.9 Å². The molecule has 0 radical (unpaired) electrons. The Bertz CT molecular complexity index is 1510. The average molecular weight is 676 g/mol. The molecule has 2 aromatic rings. The number of aliphatic imine (C=N–C) groups is 1. The Kier molecular flexibility index (Phi) is 12.8. The van der Waals surface area contributed by atoms with Crippen molar-refractivity contribution in [1.29, 1.82) is 0 Å². The molecule has 2 aromatic heterocycles. The third-order valence-corrected chi connectivity index (χ3v) is 8.84. The molecule has 1 unspecified atom stereocenters. The number of H-pyrrole nitrogens is 1. The Morgan fingerprint density at radius 1 is 1.38 bits per heavy atom. The van der Waals surface area contributed by atoms with Gasteiger partial charge in [-0.2, -0.15) is 18.2 Å². The number of aromatic amines is 1. The molecule has 1 aliphatic rings. The van der Waals surface area contributed by atoms with Gasteiger partial charge < -0.3 is 34.2 Å². The topological polar surface area (TPSA) is 156 Å². The van der Waals surface area contributed by atoms with Crippen LogP contribution < -0.4 is 10.9 Å². The van der Waals surface area contributed by atoms with Gasteiger partial charge in [-0.05, 0) is 27.7 Å². The maximum atomic E-state index is 13.2. The van der Waals surface area contributed by atoms with E-state index in [-0.39, 0.29) is 42.7 Å². The van der Waals surface area contributed by atoms with Crippen molar-refractivity contribution >= 4 is 56.5 Å². The van der Waals surface area contributed by atoms with E-state index in [1.165, 1.54) is 27.9 Å². The quantitative estimate of drug-likeness (QED) is 0.0549. The van der Waals surface area contributed by atoms with Crippen molar-refractivity contribution in [3.8, 4) is 11.8 Å². The maximum Gasteiger partial charge on any atom is 0.471 e. The summed E-state index contributed by atoms with van der Waals surface area (Å²) in [6.45, 7) is 6.47. The van der Waals surface area contributed by atoms with Crippen LogP contribution in [0.3, 0.4) is 0 Å². The minimum atomic E-state index is -4.93. The number of aliphatic hydroxyl groups excluding tert-OH is 1. The number of nitrogens with one attached hydrogen (secondary N) is 2. The molecule has 3 rings (SSSR count). The third kappa shape index (κ3) is 10.7. The van der Waals surface area contributed by atoms with Crippen LogP contribution in [-0.2, 0) is 19.1 Å². The fourth-order valence-electron chi connectivity index (χ4n) is 3.87. The van der Waals surface area contributed by atoms with Gasteiger partial charge in [0.25, 0.3) is 5.56 Å². The number of carbonyl (C=O) groups is 1. The minimum absolute atomic E-state index is 0.00117. The fourth-order valence-corrected chi connectivity index (χ4v) is 6.01. The van der Waals surface area contributed by atoms with E-state index < -0.39 is 40.8 Å². The molecule has 0 saturated carbocycles. The van der Waals surface area contributed by atoms with Gasteiger partial charge >= 0.3 is 12.1 Å². The lowest BCUT2D eigenvalue weighted by Gasteiger charge is -2.23. The number of amides is 1. The number of aromatic nitrogens is 3. The minimum Gasteiger partial charge on any atom is -0.394 e. The summed E-state index contributed by atoms with van der Waals surface area (Å²) in [5.74, 6) is 4.07. The van der Waals surface area contributed by atoms with Gasteiger partial charge in [-0.3, -0.25) is 14.6 Å². The number of carbonyl (C=O) groups excluding carboxylic acids is 1. The second-order valence-corrected chi connectivity index (χ2v) is 13.8. The van der Waals surface area contributed by atoms with Crippen LogP contribution in [0.2, 0.25) is 0 Å². The van der Waals surface area contributed by atoms with Crippen LogP contribution in [0.4, 0.5) is 19.1 Å². The van der Waals surface area contributed by atoms with Crippen molar-refractivity contribution in [2.24, 2.45) is 10.1 Å². The summed E-state index contributed by atoms with van der Waals surface area (Å²) in [7, 11) is 6.07. The van der Waals surface area contributed by atoms with E-state index in [1.54, 1.807) is 57.5 Å². The molecule has 248 valence electrons. The zero-order valence-electron chi connectivity index (χ0n) is 25.6. The lowest BCUT2D eigenvalue weighted by molar-refractivity contribution is -0.173. The molecule has 1 amide bonds. The molecule has 1 aliphatic heterocycles. The van der Waals surface area contributed by atoms with Gasteiger partial charge in [0.2, 0.25) is 5.95 Å². The first-order valence-corrected chi connectivity index (χ1v) is 15.9. The van der Waals surface area contributed by atoms with Crippen LogP contribution in [0.5, 0.6) is 0 Å². The lowest BCUT2D eigenvalue weighted by atomic mass is 10.2. The van der Waals surface area contributed by atoms with Crippen molar-refractivity contribution in [2.75, 3.05) is 39.8 Å². The largest absolute Gasteiger partial charge is 0.471 e. The van der Waals surface area contributed by atoms with Crippen LogP contribution in [-0.4, -0.2) is 105 Å². The summed E-state index contributed by atoms with van der Waals surface area (Å²) in [5, 5.41) is 16.0. The summed E-state index contributed by atoms with van der Waals surface area (Å²) in [5.41, 5.74) is 0.884. The number of oxime groups is 1. The molecule has 0 bridgehead atoms. The molecule has 1 saturated heterocycles. The van der Waals surface area contributed by atoms with Crippen LogP contribution in [0.25, 0.3) is 11.0 Å². The van der Waals surface area contributed by atoms with Crippen molar-refractivity contribution in [3.63, 3.8) is 0 Å². The highest BCUT2D eigenvalue weighted by molar-refractivity contribution is 8.77. The number of ether oxygens (including phenoxy) is 2. The monoisotopic (exact) mass is 675 g/mol. The molecule has 3 N–H and O–H groups in total. The van der Waals surface area contributed by atoms with Gasteiger partial charge in [-0.1, -0.05) is 38.6 Å². The predicted molar refractivity (Wildman–Crippen MR) is 167 cm³/mol. The van der Waals surface area contributed by atoms with Gasteiger partial charge in [0.1, 0.15) is 24.9 Å². The SMILES string of the molecule is CC(C)=NOC1C[C@H](n2cc(C#CCOCSSC(C)(C)CNC(=O)C(F)(F)F)c3c(=O)[nH]c(N=CN(C)C)nc32)O[C@@H]1CO. The van der Waals surface area contributed by atoms with E-state index in [0.29, 0.717) is 17.7 Å². The molecule has 0 spiro atoms. The number of rotatable bonds is 13. The van der Waals surface area contributed by atoms with E-state index >= 15 is 0 Å². The molecular formula is C27H36F3N7O6S2. The first-order chi connectivity index (χ1) is 21.1. The number of nitrogens with zero attached hydrogens (tertiary/aromatic N) is 5. The first kappa shape index (κ1) is 36.2. The number of alkyl halides is 3. The Hall–Kier alpha value is -3.24. The standard InChI is InChI=1S/C27H36F3N7O6S2/c1-16(2)35-43-18-10-20(42-19(18)12-38)37-11-17(21-22(37)33-25(34-23(21)39)32-14-36(5)6)8-7-9-41-15-44-45-26(3,4)13-31-24(40)27(28,29)30/h11,14,18-20,38H,9-10,12-13,15H2,1-6H3,(H,31,40)(H,33,34,39)/t18?,19-,20-/m1/s1. The molecule has 13 nitrogen and oxygen atoms in total. The van der Waals surface area contributed by atoms with Crippen molar-refractivity contribution < 1.29 is 37.4 Å². The van der Waals surface area contributed by atoms with Gasteiger partial charge in [0.15, 0.2) is 11.8 Å². The van der Waals surface area contributed by atoms with Gasteiger partial charge in [0.05, 0.1) is 29.6 Å². The molecule has 1 fully saturated rings. The molecule has 3 atom stereocenters. The molecular weight excluding hydrogens is 639 g/mol. The summed E-state index contributed by atoms with van der Waals surface area (Å²) < 4.78 is 49.8. The lowest BCUT2D eigenvalue weighted by Crippen LogP contribution is -2.42. The molecule has 18 heteroatoms. The molecule has 0 aliphatic carbocycles. The van der Waals surface area contributed by atoms with E-state index in [0.717, 1.165) is 0 Å². The summed E-state index contributed by atoms with van der Waals surface area (Å²) in [6.07, 6.45) is -3.33. The van der Waals surface area contributed by atoms with Crippen molar-refractivity contribution in [2.45, 2.75) is 63.5 Å². The highest BCUT2D eigenvalue weighted by atomic mass is 33.1. The van der Waals surface area contributed by atoms with E-state index in [1.807, 2.05) is 5.32 Å². The Labute approximate surface area is 265 Å². The molecule has 45 heavy (non-hydrogen) atoms. The summed E-state index contributed by atoms with van der Waals surface area (Å²) in [6, 6.07) is 0. The van der Waals surface area contributed by atoms with Gasteiger partial charge in [-0.15, -0.1) is 0 Å². The Morgan fingerprint density at radius 3 is 2.76 bits per heavy atom.